The molecule has 0 aliphatic carbocycles. The number of anilines is 4. The van der Waals surface area contributed by atoms with Gasteiger partial charge in [0.25, 0.3) is 0 Å². The van der Waals surface area contributed by atoms with Crippen molar-refractivity contribution in [3.63, 3.8) is 0 Å². The Bertz CT molecular complexity index is 4410. The summed E-state index contributed by atoms with van der Waals surface area (Å²) >= 11 is 0. The van der Waals surface area contributed by atoms with Gasteiger partial charge in [-0.1, -0.05) is 175 Å². The van der Waals surface area contributed by atoms with E-state index in [0.29, 0.717) is 119 Å². The summed E-state index contributed by atoms with van der Waals surface area (Å²) in [6.07, 6.45) is 16.0. The molecular weight excluding hydrogens is 1150 g/mol. The van der Waals surface area contributed by atoms with Crippen LogP contribution in [0.2, 0.25) is 0 Å². The maximum atomic E-state index is 14.7. The third-order valence-electron chi connectivity index (χ3n) is 16.3. The summed E-state index contributed by atoms with van der Waals surface area (Å²) in [6, 6.07) is 36.0. The van der Waals surface area contributed by atoms with Crippen LogP contribution in [0, 0.1) is 28.6 Å². The molecule has 16 heteroatoms. The third kappa shape index (κ3) is 14.6. The first-order chi connectivity index (χ1) is 43.6. The molecule has 6 N–H and O–H groups in total. The minimum Gasteiger partial charge on any atom is -0.424 e. The quantitative estimate of drug-likeness (QED) is 0.0377. The van der Waals surface area contributed by atoms with Gasteiger partial charge in [0, 0.05) is 131 Å². The molecule has 4 amide bonds. The lowest BCUT2D eigenvalue weighted by atomic mass is 9.94. The number of rotatable bonds is 17. The topological polar surface area (TPSA) is 218 Å². The van der Waals surface area contributed by atoms with E-state index in [1.54, 1.807) is 6.07 Å². The molecule has 0 saturated carbocycles. The summed E-state index contributed by atoms with van der Waals surface area (Å²) in [7, 11) is 0. The van der Waals surface area contributed by atoms with Gasteiger partial charge in [0.2, 0.25) is 23.6 Å². The van der Waals surface area contributed by atoms with Gasteiger partial charge in [0.1, 0.15) is 5.82 Å². The van der Waals surface area contributed by atoms with E-state index in [4.69, 9.17) is 14.7 Å². The lowest BCUT2D eigenvalue weighted by Crippen LogP contribution is -2.27. The van der Waals surface area contributed by atoms with Crippen molar-refractivity contribution in [2.45, 2.75) is 135 Å². The number of ether oxygens (including phenoxy) is 1. The first-order valence-electron chi connectivity index (χ1n) is 31.7. The van der Waals surface area contributed by atoms with Gasteiger partial charge < -0.3 is 40.5 Å². The van der Waals surface area contributed by atoms with Crippen LogP contribution in [0.4, 0.5) is 22.7 Å². The zero-order valence-corrected chi connectivity index (χ0v) is 55.1. The lowest BCUT2D eigenvalue weighted by molar-refractivity contribution is -0.134. The number of benzene rings is 4. The number of H-pyrrole nitrogens is 2. The molecule has 8 aromatic rings. The van der Waals surface area contributed by atoms with E-state index in [1.807, 2.05) is 236 Å². The first kappa shape index (κ1) is 65.0. The van der Waals surface area contributed by atoms with Crippen molar-refractivity contribution in [2.75, 3.05) is 21.3 Å². The summed E-state index contributed by atoms with van der Waals surface area (Å²) in [4.78, 5) is 94.1. The van der Waals surface area contributed by atoms with Gasteiger partial charge in [-0.25, -0.2) is 15.0 Å². The van der Waals surface area contributed by atoms with Crippen molar-refractivity contribution >= 4 is 98.7 Å². The van der Waals surface area contributed by atoms with E-state index in [2.05, 4.69) is 40.8 Å². The summed E-state index contributed by atoms with van der Waals surface area (Å²) in [6.45, 7) is 25.2. The number of aromatic amines is 2. The Hall–Kier alpha value is -9.96. The zero-order valence-electron chi connectivity index (χ0n) is 55.1. The molecule has 10 rings (SSSR count). The Morgan fingerprint density at radius 1 is 0.446 bits per heavy atom. The Labute approximate surface area is 538 Å². The molecule has 4 aromatic heterocycles. The van der Waals surface area contributed by atoms with Crippen LogP contribution in [0.15, 0.2) is 128 Å². The van der Waals surface area contributed by atoms with Gasteiger partial charge in [0.05, 0.1) is 33.8 Å². The number of fused-ring (bicyclic) bond motifs is 8. The van der Waals surface area contributed by atoms with Crippen LogP contribution in [0.3, 0.4) is 0 Å². The molecule has 0 saturated heterocycles. The minimum absolute atomic E-state index is 0.136. The Kier molecular flexibility index (Phi) is 18.7. The number of nitrogens with zero attached hydrogens (tertiary/aromatic N) is 4. The van der Waals surface area contributed by atoms with E-state index in [0.717, 1.165) is 38.1 Å². The fourth-order valence-electron chi connectivity index (χ4n) is 10.8. The van der Waals surface area contributed by atoms with Crippen LogP contribution in [0.5, 0.6) is 5.75 Å². The first-order valence-corrected chi connectivity index (χ1v) is 31.7. The highest BCUT2D eigenvalue weighted by molar-refractivity contribution is 6.09. The molecule has 4 aromatic carbocycles. The van der Waals surface area contributed by atoms with Gasteiger partial charge >= 0.3 is 5.97 Å². The number of unbranched alkanes of at least 4 members (excludes halogenated alkanes) is 4. The SMILES string of the molecule is Cc1nccn1CCCCCCCC(=O)Oc1cc2[nH]c1c(-c1ccccc1NC(=O)C(C)(C)C)c1nc(c(-c3ccccc3NC(=O)C(C)(C)C)c3ccc([nH]3)c(-c3ccccc3NC(=O)C(C)(C)C)c3nc(c2-c2ccccc2NC(=O)C(C)(C)C)C=C3)C=C1. The van der Waals surface area contributed by atoms with Gasteiger partial charge in [0.15, 0.2) is 5.75 Å². The number of aryl methyl sites for hydroxylation is 2. The number of amides is 4. The molecule has 2 aliphatic rings. The van der Waals surface area contributed by atoms with Crippen molar-refractivity contribution in [3.8, 4) is 50.3 Å². The summed E-state index contributed by atoms with van der Waals surface area (Å²) in [5, 5.41) is 12.9. The number of carbonyl (C=O) groups is 5. The van der Waals surface area contributed by atoms with E-state index in [9.17, 15) is 24.0 Å². The molecule has 0 radical (unpaired) electrons. The fourth-order valence-corrected chi connectivity index (χ4v) is 10.8. The highest BCUT2D eigenvalue weighted by Gasteiger charge is 2.30. The molecule has 0 atom stereocenters. The number of carbonyl (C=O) groups excluding carboxylic acids is 5. The van der Waals surface area contributed by atoms with Gasteiger partial charge in [-0.2, -0.15) is 0 Å². The molecule has 92 heavy (non-hydrogen) atoms. The molecule has 0 fully saturated rings. The second-order valence-electron chi connectivity index (χ2n) is 27.8. The van der Waals surface area contributed by atoms with Crippen LogP contribution in [0.25, 0.3) is 90.9 Å². The van der Waals surface area contributed by atoms with Gasteiger partial charge in [-0.05, 0) is 80.5 Å². The minimum atomic E-state index is -0.789. The van der Waals surface area contributed by atoms with E-state index >= 15 is 0 Å². The molecule has 0 spiro atoms. The monoisotopic (exact) mass is 1230 g/mol. The predicted molar refractivity (Wildman–Crippen MR) is 373 cm³/mol. The van der Waals surface area contributed by atoms with E-state index in [1.165, 1.54) is 0 Å². The van der Waals surface area contributed by atoms with E-state index in [-0.39, 0.29) is 35.8 Å². The second kappa shape index (κ2) is 26.5. The highest BCUT2D eigenvalue weighted by atomic mass is 16.5. The summed E-state index contributed by atoms with van der Waals surface area (Å²) < 4.78 is 8.84. The second-order valence-corrected chi connectivity index (χ2v) is 27.8. The largest absolute Gasteiger partial charge is 0.424 e. The molecule has 0 unspecified atom stereocenters. The van der Waals surface area contributed by atoms with Gasteiger partial charge in [-0.15, -0.1) is 0 Å². The third-order valence-corrected chi connectivity index (χ3v) is 16.3. The molecule has 2 aliphatic heterocycles. The fraction of sp³-hybridized carbons (Fsp3) is 0.316. The number of para-hydroxylation sites is 4. The number of aromatic nitrogens is 6. The predicted octanol–water partition coefficient (Wildman–Crippen LogP) is 17.7. The number of imidazole rings is 1. The van der Waals surface area contributed by atoms with Crippen molar-refractivity contribution in [1.82, 2.24) is 29.5 Å². The van der Waals surface area contributed by atoms with Crippen molar-refractivity contribution in [2.24, 2.45) is 21.7 Å². The average Bonchev–Trinajstić information content (AvgIpc) is 1.58. The lowest BCUT2D eigenvalue weighted by Gasteiger charge is -2.20. The molecule has 16 nitrogen and oxygen atoms in total. The van der Waals surface area contributed by atoms with Gasteiger partial charge in [-0.3, -0.25) is 24.0 Å². The average molecular weight is 1230 g/mol. The highest BCUT2D eigenvalue weighted by Crippen LogP contribution is 2.46. The standard InChI is InChI=1S/C76H84N10O6/c1-46-77-42-44-86(46)43-26-16-14-15-17-35-63(87)92-62-45-61-66(49-29-20-24-33-53(49)84-71(90)75(8,9)10)59-39-38-57(79-59)64(47-27-18-22-31-51(47)82-69(88)73(2,3)4)55-36-37-56(78-55)65(48-28-19-23-32-52(48)83-70(89)74(5,6)7)58-40-41-60(80-58)67(68(62)81-61)50-30-21-25-34-54(50)85-72(91)76(11,12)13/h18-25,27-34,36-42,44-45,78,81H,14-17,26,35,43H2,1-13H3,(H,82,88)(H,83,89)(H,84,90)(H,85,91). The molecule has 8 bridgehead atoms. The van der Waals surface area contributed by atoms with Crippen LogP contribution in [0.1, 0.15) is 150 Å². The number of nitrogens with one attached hydrogen (secondary N) is 6. The van der Waals surface area contributed by atoms with Crippen LogP contribution in [-0.2, 0) is 30.5 Å². The van der Waals surface area contributed by atoms with Crippen molar-refractivity contribution in [1.29, 1.82) is 0 Å². The smallest absolute Gasteiger partial charge is 0.311 e. The Morgan fingerprint density at radius 2 is 0.804 bits per heavy atom. The van der Waals surface area contributed by atoms with Crippen LogP contribution in [-0.4, -0.2) is 59.1 Å². The molecular formula is C76H84N10O6. The maximum Gasteiger partial charge on any atom is 0.311 e. The normalized spacial score (nSPS) is 12.4. The Morgan fingerprint density at radius 3 is 1.20 bits per heavy atom. The van der Waals surface area contributed by atoms with E-state index < -0.39 is 27.6 Å². The van der Waals surface area contributed by atoms with Crippen molar-refractivity contribution < 1.29 is 28.7 Å². The summed E-state index contributed by atoms with van der Waals surface area (Å²) in [5.74, 6) is -0.0907. The number of hydrogen-bond donors (Lipinski definition) is 6. The molecule has 6 heterocycles. The maximum absolute atomic E-state index is 14.7. The van der Waals surface area contributed by atoms with Crippen molar-refractivity contribution in [3.05, 3.63) is 156 Å². The molecule has 474 valence electrons. The van der Waals surface area contributed by atoms with Crippen LogP contribution < -0.4 is 26.0 Å². The summed E-state index contributed by atoms with van der Waals surface area (Å²) in [5.41, 5.74) is 8.01. The number of hydrogen-bond acceptors (Lipinski definition) is 9. The zero-order chi connectivity index (χ0) is 65.9. The Balaban J connectivity index is 1.32. The van der Waals surface area contributed by atoms with Crippen LogP contribution >= 0.6 is 0 Å². The number of esters is 1.